The highest BCUT2D eigenvalue weighted by molar-refractivity contribution is 7.90. The van der Waals surface area contributed by atoms with Gasteiger partial charge in [0.25, 0.3) is 10.0 Å². The largest absolute Gasteiger partial charge is 0.350 e. The van der Waals surface area contributed by atoms with Crippen molar-refractivity contribution < 1.29 is 21.6 Å². The summed E-state index contributed by atoms with van der Waals surface area (Å²) in [6.45, 7) is 6.09. The lowest BCUT2D eigenvalue weighted by molar-refractivity contribution is -0.122. The number of benzene rings is 2. The fourth-order valence-corrected chi connectivity index (χ4v) is 6.01. The second-order valence-corrected chi connectivity index (χ2v) is 10.8. The van der Waals surface area contributed by atoms with Crippen LogP contribution in [0.25, 0.3) is 0 Å². The summed E-state index contributed by atoms with van der Waals surface area (Å²) in [6, 6.07) is 11.9. The summed E-state index contributed by atoms with van der Waals surface area (Å²) in [4.78, 5) is 17.0. The maximum absolute atomic E-state index is 12.6. The van der Waals surface area contributed by atoms with E-state index in [1.54, 1.807) is 51.1 Å². The first kappa shape index (κ1) is 23.9. The number of sulfonamides is 2. The highest BCUT2D eigenvalue weighted by atomic mass is 32.2. The lowest BCUT2D eigenvalue weighted by atomic mass is 10.2. The maximum Gasteiger partial charge on any atom is 0.263 e. The van der Waals surface area contributed by atoms with Crippen molar-refractivity contribution in [3.63, 3.8) is 0 Å². The predicted molar refractivity (Wildman–Crippen MR) is 121 cm³/mol. The third kappa shape index (κ3) is 4.84. The maximum atomic E-state index is 12.6. The molecule has 1 aliphatic rings. The molecule has 0 fully saturated rings. The Balaban J connectivity index is 1.66. The van der Waals surface area contributed by atoms with E-state index in [1.807, 2.05) is 0 Å². The van der Waals surface area contributed by atoms with Gasteiger partial charge in [0.05, 0.1) is 9.79 Å². The molecule has 9 nitrogen and oxygen atoms in total. The predicted octanol–water partition coefficient (Wildman–Crippen LogP) is 1.46. The van der Waals surface area contributed by atoms with Gasteiger partial charge in [-0.1, -0.05) is 38.1 Å². The summed E-state index contributed by atoms with van der Waals surface area (Å²) in [5.74, 6) is -0.255. The summed E-state index contributed by atoms with van der Waals surface area (Å²) in [7, 11) is -7.21. The van der Waals surface area contributed by atoms with E-state index in [0.29, 0.717) is 18.7 Å². The van der Waals surface area contributed by atoms with Crippen LogP contribution in [-0.4, -0.2) is 52.0 Å². The number of amidine groups is 1. The summed E-state index contributed by atoms with van der Waals surface area (Å²) < 4.78 is 53.2. The number of carbonyl (C=O) groups excluding carboxylic acids is 1. The highest BCUT2D eigenvalue weighted by Gasteiger charge is 2.31. The lowest BCUT2D eigenvalue weighted by Crippen LogP contribution is -2.33. The van der Waals surface area contributed by atoms with Gasteiger partial charge in [-0.15, -0.1) is 0 Å². The van der Waals surface area contributed by atoms with Gasteiger partial charge < -0.3 is 5.32 Å². The van der Waals surface area contributed by atoms with Gasteiger partial charge in [0.2, 0.25) is 15.9 Å². The number of fused-ring (bicyclic) bond motifs is 1. The minimum absolute atomic E-state index is 0.131. The Morgan fingerprint density at radius 1 is 1.09 bits per heavy atom. The van der Waals surface area contributed by atoms with E-state index >= 15 is 0 Å². The van der Waals surface area contributed by atoms with Gasteiger partial charge in [-0.25, -0.2) is 16.8 Å². The van der Waals surface area contributed by atoms with E-state index in [2.05, 4.69) is 15.0 Å². The van der Waals surface area contributed by atoms with Crippen molar-refractivity contribution in [1.82, 2.24) is 14.3 Å². The van der Waals surface area contributed by atoms with Crippen LogP contribution in [-0.2, 0) is 31.4 Å². The summed E-state index contributed by atoms with van der Waals surface area (Å²) in [5.41, 5.74) is 1.15. The molecule has 2 N–H and O–H groups in total. The molecular weight excluding hydrogens is 452 g/mol. The van der Waals surface area contributed by atoms with Crippen LogP contribution < -0.4 is 10.0 Å². The molecule has 2 aromatic carbocycles. The van der Waals surface area contributed by atoms with Gasteiger partial charge in [-0.05, 0) is 36.8 Å². The lowest BCUT2D eigenvalue weighted by Gasteiger charge is -2.18. The molecule has 1 aliphatic heterocycles. The average Bonchev–Trinajstić information content (AvgIpc) is 3.03. The zero-order chi connectivity index (χ0) is 23.5. The Morgan fingerprint density at radius 2 is 1.72 bits per heavy atom. The van der Waals surface area contributed by atoms with E-state index in [-0.39, 0.29) is 28.1 Å². The molecule has 11 heteroatoms. The first-order chi connectivity index (χ1) is 15.1. The molecule has 0 spiro atoms. The SMILES string of the molecule is CCN(CC)S(=O)(=O)c1ccc(CNC(=O)[C@H](C)N=C2NS(=O)(=O)c3ccccc32)cc1. The molecular formula is C21H26N4O5S2. The summed E-state index contributed by atoms with van der Waals surface area (Å²) >= 11 is 0. The van der Waals surface area contributed by atoms with E-state index in [4.69, 9.17) is 0 Å². The Labute approximate surface area is 188 Å². The van der Waals surface area contributed by atoms with Crippen LogP contribution in [0.2, 0.25) is 0 Å². The molecule has 0 radical (unpaired) electrons. The number of rotatable bonds is 8. The smallest absolute Gasteiger partial charge is 0.263 e. The third-order valence-electron chi connectivity index (χ3n) is 5.10. The first-order valence-electron chi connectivity index (χ1n) is 10.2. The molecule has 0 bridgehead atoms. The molecule has 32 heavy (non-hydrogen) atoms. The second-order valence-electron chi connectivity index (χ2n) is 7.21. The number of aliphatic imine (C=N–C) groups is 1. The number of carbonyl (C=O) groups is 1. The van der Waals surface area contributed by atoms with Crippen molar-refractivity contribution in [3.8, 4) is 0 Å². The third-order valence-corrected chi connectivity index (χ3v) is 8.56. The molecule has 172 valence electrons. The molecule has 1 amide bonds. The zero-order valence-electron chi connectivity index (χ0n) is 18.1. The fourth-order valence-electron chi connectivity index (χ4n) is 3.31. The quantitative estimate of drug-likeness (QED) is 0.594. The first-order valence-corrected chi connectivity index (χ1v) is 13.1. The van der Waals surface area contributed by atoms with E-state index in [0.717, 1.165) is 5.56 Å². The van der Waals surface area contributed by atoms with Crippen LogP contribution in [0.5, 0.6) is 0 Å². The molecule has 2 aromatic rings. The Hall–Kier alpha value is -2.76. The molecule has 0 aliphatic carbocycles. The Morgan fingerprint density at radius 3 is 2.34 bits per heavy atom. The van der Waals surface area contributed by atoms with E-state index < -0.39 is 26.1 Å². The minimum Gasteiger partial charge on any atom is -0.350 e. The van der Waals surface area contributed by atoms with Crippen LogP contribution in [0.15, 0.2) is 63.3 Å². The van der Waals surface area contributed by atoms with E-state index in [1.165, 1.54) is 22.5 Å². The zero-order valence-corrected chi connectivity index (χ0v) is 19.7. The van der Waals surface area contributed by atoms with Crippen molar-refractivity contribution in [2.24, 2.45) is 4.99 Å². The van der Waals surface area contributed by atoms with Crippen LogP contribution in [0, 0.1) is 0 Å². The Kier molecular flexibility index (Phi) is 7.01. The van der Waals surface area contributed by atoms with E-state index in [9.17, 15) is 21.6 Å². The number of nitrogens with zero attached hydrogens (tertiary/aromatic N) is 2. The molecule has 0 saturated carbocycles. The fraction of sp³-hybridized carbons (Fsp3) is 0.333. The molecule has 0 saturated heterocycles. The number of nitrogens with one attached hydrogen (secondary N) is 2. The van der Waals surface area contributed by atoms with Crippen molar-refractivity contribution in [3.05, 3.63) is 59.7 Å². The normalized spacial score (nSPS) is 17.1. The molecule has 0 unspecified atom stereocenters. The number of amides is 1. The minimum atomic E-state index is -3.67. The van der Waals surface area contributed by atoms with Gasteiger partial charge in [0.1, 0.15) is 11.9 Å². The van der Waals surface area contributed by atoms with Crippen LogP contribution in [0.3, 0.4) is 0 Å². The van der Waals surface area contributed by atoms with Crippen molar-refractivity contribution in [1.29, 1.82) is 0 Å². The van der Waals surface area contributed by atoms with Crippen molar-refractivity contribution >= 4 is 31.8 Å². The van der Waals surface area contributed by atoms with Gasteiger partial charge in [0, 0.05) is 25.2 Å². The highest BCUT2D eigenvalue weighted by Crippen LogP contribution is 2.22. The summed E-state index contributed by atoms with van der Waals surface area (Å²) in [5, 5.41) is 2.74. The van der Waals surface area contributed by atoms with Gasteiger partial charge in [-0.3, -0.25) is 14.5 Å². The molecule has 1 heterocycles. The van der Waals surface area contributed by atoms with Gasteiger partial charge in [0.15, 0.2) is 0 Å². The standard InChI is InChI=1S/C21H26N4O5S2/c1-4-25(5-2)32(29,30)17-12-10-16(11-13-17)14-22-21(26)15(3)23-20-18-8-6-7-9-19(18)31(27,28)24-20/h6-13,15H,4-5,14H2,1-3H3,(H,22,26)(H,23,24)/t15-/m0/s1. The molecule has 3 rings (SSSR count). The van der Waals surface area contributed by atoms with Gasteiger partial charge >= 0.3 is 0 Å². The van der Waals surface area contributed by atoms with Crippen molar-refractivity contribution in [2.45, 2.75) is 43.1 Å². The van der Waals surface area contributed by atoms with Crippen LogP contribution in [0.4, 0.5) is 0 Å². The monoisotopic (exact) mass is 478 g/mol. The molecule has 1 atom stereocenters. The Bertz CT molecular complexity index is 1240. The molecule has 0 aromatic heterocycles. The van der Waals surface area contributed by atoms with Crippen LogP contribution in [0.1, 0.15) is 31.9 Å². The van der Waals surface area contributed by atoms with Crippen molar-refractivity contribution in [2.75, 3.05) is 13.1 Å². The average molecular weight is 479 g/mol. The summed E-state index contributed by atoms with van der Waals surface area (Å²) in [6.07, 6.45) is 0. The topological polar surface area (TPSA) is 125 Å². The van der Waals surface area contributed by atoms with Crippen LogP contribution >= 0.6 is 0 Å². The second kappa shape index (κ2) is 9.39. The number of hydrogen-bond donors (Lipinski definition) is 2. The number of hydrogen-bond acceptors (Lipinski definition) is 6. The van der Waals surface area contributed by atoms with Gasteiger partial charge in [-0.2, -0.15) is 4.31 Å².